The number of hydrogen-bond donors (Lipinski definition) is 0. The van der Waals surface area contributed by atoms with E-state index in [0.29, 0.717) is 25.7 Å². The van der Waals surface area contributed by atoms with Crippen LogP contribution in [0.5, 0.6) is 0 Å². The summed E-state index contributed by atoms with van der Waals surface area (Å²) in [5, 5.41) is 0. The van der Waals surface area contributed by atoms with Gasteiger partial charge in [0.2, 0.25) is 0 Å². The third kappa shape index (κ3) is 7.77. The van der Waals surface area contributed by atoms with Gasteiger partial charge in [-0.25, -0.2) is 0 Å². The molecule has 0 radical (unpaired) electrons. The zero-order valence-corrected chi connectivity index (χ0v) is 10.6. The highest BCUT2D eigenvalue weighted by Gasteiger charge is 2.09. The average molecular weight is 218 g/mol. The van der Waals surface area contributed by atoms with Gasteiger partial charge in [0.1, 0.15) is 0 Å². The molecule has 3 heteroatoms. The van der Waals surface area contributed by atoms with Crippen LogP contribution in [0.2, 0.25) is 0 Å². The molecule has 0 aliphatic heterocycles. The Kier molecular flexibility index (Phi) is 10.3. The van der Waals surface area contributed by atoms with Crippen molar-refractivity contribution in [1.82, 2.24) is 0 Å². The second-order valence-corrected chi connectivity index (χ2v) is 3.56. The molecule has 0 rings (SSSR count). The number of hydrogen-bond acceptors (Lipinski definition) is 3. The van der Waals surface area contributed by atoms with E-state index in [1.807, 2.05) is 13.8 Å². The number of rotatable bonds is 10. The summed E-state index contributed by atoms with van der Waals surface area (Å²) in [6, 6.07) is 0. The van der Waals surface area contributed by atoms with Crippen molar-refractivity contribution < 1.29 is 14.2 Å². The largest absolute Gasteiger partial charge is 0.376 e. The van der Waals surface area contributed by atoms with E-state index in [2.05, 4.69) is 13.8 Å². The minimum Gasteiger partial charge on any atom is -0.376 e. The maximum Gasteiger partial charge on any atom is 0.180 e. The van der Waals surface area contributed by atoms with Crippen LogP contribution in [-0.2, 0) is 14.2 Å². The van der Waals surface area contributed by atoms with E-state index in [1.165, 1.54) is 12.8 Å². The van der Waals surface area contributed by atoms with E-state index >= 15 is 0 Å². The van der Waals surface area contributed by atoms with Crippen LogP contribution in [-0.4, -0.2) is 32.7 Å². The van der Waals surface area contributed by atoms with Gasteiger partial charge < -0.3 is 14.2 Å². The molecule has 92 valence electrons. The highest BCUT2D eigenvalue weighted by molar-refractivity contribution is 4.52. The van der Waals surface area contributed by atoms with Crippen molar-refractivity contribution in [2.75, 3.05) is 26.4 Å². The van der Waals surface area contributed by atoms with Gasteiger partial charge in [0.25, 0.3) is 0 Å². The van der Waals surface area contributed by atoms with Gasteiger partial charge in [0.15, 0.2) is 6.29 Å². The van der Waals surface area contributed by atoms with E-state index in [4.69, 9.17) is 14.2 Å². The van der Waals surface area contributed by atoms with E-state index < -0.39 is 0 Å². The van der Waals surface area contributed by atoms with Crippen LogP contribution in [0.4, 0.5) is 0 Å². The monoisotopic (exact) mass is 218 g/mol. The van der Waals surface area contributed by atoms with Gasteiger partial charge in [-0.15, -0.1) is 0 Å². The van der Waals surface area contributed by atoms with Crippen LogP contribution >= 0.6 is 0 Å². The molecule has 0 aromatic heterocycles. The van der Waals surface area contributed by atoms with Gasteiger partial charge >= 0.3 is 0 Å². The number of ether oxygens (including phenoxy) is 3. The van der Waals surface area contributed by atoms with Gasteiger partial charge in [0, 0.05) is 19.8 Å². The van der Waals surface area contributed by atoms with Crippen molar-refractivity contribution >= 4 is 0 Å². The zero-order chi connectivity index (χ0) is 11.5. The van der Waals surface area contributed by atoms with Crippen molar-refractivity contribution in [2.45, 2.75) is 46.8 Å². The summed E-state index contributed by atoms with van der Waals surface area (Å²) < 4.78 is 16.4. The lowest BCUT2D eigenvalue weighted by molar-refractivity contribution is -0.169. The topological polar surface area (TPSA) is 27.7 Å². The molecule has 0 saturated carbocycles. The van der Waals surface area contributed by atoms with Crippen LogP contribution in [0.25, 0.3) is 0 Å². The molecule has 3 nitrogen and oxygen atoms in total. The van der Waals surface area contributed by atoms with Crippen LogP contribution in [0.15, 0.2) is 0 Å². The summed E-state index contributed by atoms with van der Waals surface area (Å²) in [7, 11) is 0. The molecular weight excluding hydrogens is 192 g/mol. The summed E-state index contributed by atoms with van der Waals surface area (Å²) in [6.45, 7) is 11.0. The Hall–Kier alpha value is -0.120. The third-order valence-corrected chi connectivity index (χ3v) is 2.47. The standard InChI is InChI=1S/C12H26O3/c1-5-11(6-2)9-13-10-12(14-7-3)15-8-4/h11-12H,5-10H2,1-4H3. The first-order valence-electron chi connectivity index (χ1n) is 6.09. The van der Waals surface area contributed by atoms with Crippen LogP contribution in [0.1, 0.15) is 40.5 Å². The molecule has 0 saturated heterocycles. The molecule has 15 heavy (non-hydrogen) atoms. The average Bonchev–Trinajstić information content (AvgIpc) is 2.25. The Labute approximate surface area is 94.1 Å². The lowest BCUT2D eigenvalue weighted by Gasteiger charge is -2.19. The second-order valence-electron chi connectivity index (χ2n) is 3.56. The Morgan fingerprint density at radius 1 is 0.800 bits per heavy atom. The van der Waals surface area contributed by atoms with Crippen molar-refractivity contribution in [3.05, 3.63) is 0 Å². The van der Waals surface area contributed by atoms with Crippen LogP contribution < -0.4 is 0 Å². The van der Waals surface area contributed by atoms with Crippen molar-refractivity contribution in [1.29, 1.82) is 0 Å². The molecule has 0 atom stereocenters. The Morgan fingerprint density at radius 3 is 1.73 bits per heavy atom. The first kappa shape index (κ1) is 14.9. The highest BCUT2D eigenvalue weighted by atomic mass is 16.7. The fourth-order valence-corrected chi connectivity index (χ4v) is 1.37. The predicted octanol–water partition coefficient (Wildman–Crippen LogP) is 2.84. The van der Waals surface area contributed by atoms with Gasteiger partial charge in [-0.1, -0.05) is 26.7 Å². The van der Waals surface area contributed by atoms with Crippen molar-refractivity contribution in [2.24, 2.45) is 5.92 Å². The zero-order valence-electron chi connectivity index (χ0n) is 10.6. The molecule has 0 aliphatic carbocycles. The van der Waals surface area contributed by atoms with Crippen LogP contribution in [0, 0.1) is 5.92 Å². The van der Waals surface area contributed by atoms with Gasteiger partial charge in [-0.3, -0.25) is 0 Å². The maximum atomic E-state index is 5.59. The summed E-state index contributed by atoms with van der Waals surface area (Å²) in [5.41, 5.74) is 0. The molecule has 0 bridgehead atoms. The lowest BCUT2D eigenvalue weighted by atomic mass is 10.1. The maximum absolute atomic E-state index is 5.59. The van der Waals surface area contributed by atoms with Gasteiger partial charge in [-0.2, -0.15) is 0 Å². The first-order chi connectivity index (χ1) is 7.28. The third-order valence-electron chi connectivity index (χ3n) is 2.47. The molecular formula is C12H26O3. The minimum atomic E-state index is -0.200. The fraction of sp³-hybridized carbons (Fsp3) is 1.00. The summed E-state index contributed by atoms with van der Waals surface area (Å²) >= 11 is 0. The Bertz CT molecular complexity index is 118. The lowest BCUT2D eigenvalue weighted by Crippen LogP contribution is -2.25. The molecule has 0 aliphatic rings. The molecule has 0 unspecified atom stereocenters. The summed E-state index contributed by atoms with van der Waals surface area (Å²) in [5.74, 6) is 0.661. The first-order valence-corrected chi connectivity index (χ1v) is 6.09. The molecule has 0 N–H and O–H groups in total. The molecule has 0 aromatic rings. The van der Waals surface area contributed by atoms with Crippen molar-refractivity contribution in [3.63, 3.8) is 0 Å². The van der Waals surface area contributed by atoms with Gasteiger partial charge in [-0.05, 0) is 19.8 Å². The quantitative estimate of drug-likeness (QED) is 0.528. The fourth-order valence-electron chi connectivity index (χ4n) is 1.37. The van der Waals surface area contributed by atoms with Crippen LogP contribution in [0.3, 0.4) is 0 Å². The molecule has 0 aromatic carbocycles. The smallest absolute Gasteiger partial charge is 0.180 e. The normalized spacial score (nSPS) is 11.6. The second kappa shape index (κ2) is 10.4. The van der Waals surface area contributed by atoms with E-state index in [1.54, 1.807) is 0 Å². The Balaban J connectivity index is 3.59. The SMILES string of the molecule is CCOC(COCC(CC)CC)OCC. The van der Waals surface area contributed by atoms with E-state index in [9.17, 15) is 0 Å². The van der Waals surface area contributed by atoms with Gasteiger partial charge in [0.05, 0.1) is 6.61 Å². The van der Waals surface area contributed by atoms with E-state index in [0.717, 1.165) is 6.61 Å². The minimum absolute atomic E-state index is 0.200. The summed E-state index contributed by atoms with van der Waals surface area (Å²) in [6.07, 6.45) is 2.14. The predicted molar refractivity (Wildman–Crippen MR) is 61.9 cm³/mol. The Morgan fingerprint density at radius 2 is 1.33 bits per heavy atom. The van der Waals surface area contributed by atoms with E-state index in [-0.39, 0.29) is 6.29 Å². The van der Waals surface area contributed by atoms with Crippen molar-refractivity contribution in [3.8, 4) is 0 Å². The summed E-state index contributed by atoms with van der Waals surface area (Å²) in [4.78, 5) is 0. The molecule has 0 amide bonds. The molecule has 0 heterocycles. The highest BCUT2D eigenvalue weighted by Crippen LogP contribution is 2.08. The molecule has 0 spiro atoms. The molecule has 0 fully saturated rings.